The quantitative estimate of drug-likeness (QED) is 0.773. The summed E-state index contributed by atoms with van der Waals surface area (Å²) in [7, 11) is 0. The largest absolute Gasteiger partial charge is 0.368 e. The molecule has 0 saturated carbocycles. The predicted octanol–water partition coefficient (Wildman–Crippen LogP) is 3.96. The number of aromatic nitrogens is 1. The van der Waals surface area contributed by atoms with Crippen molar-refractivity contribution in [1.29, 1.82) is 0 Å². The molecule has 116 valence electrons. The van der Waals surface area contributed by atoms with Crippen LogP contribution in [0.2, 0.25) is 5.02 Å². The highest BCUT2D eigenvalue weighted by Gasteiger charge is 2.16. The van der Waals surface area contributed by atoms with E-state index < -0.39 is 0 Å². The zero-order valence-electron chi connectivity index (χ0n) is 12.8. The molecule has 3 nitrogen and oxygen atoms in total. The second-order valence-corrected chi connectivity index (χ2v) is 6.23. The third-order valence-electron chi connectivity index (χ3n) is 4.28. The molecule has 1 saturated heterocycles. The maximum atomic E-state index is 6.23. The van der Waals surface area contributed by atoms with Crippen LogP contribution in [0.3, 0.4) is 0 Å². The van der Waals surface area contributed by atoms with E-state index in [0.29, 0.717) is 0 Å². The topological polar surface area (TPSA) is 28.2 Å². The summed E-state index contributed by atoms with van der Waals surface area (Å²) in [6, 6.07) is 18.5. The van der Waals surface area contributed by atoms with Gasteiger partial charge in [0.05, 0.1) is 11.2 Å². The van der Waals surface area contributed by atoms with Gasteiger partial charge < -0.3 is 10.2 Å². The minimum absolute atomic E-state index is 0.753. The zero-order chi connectivity index (χ0) is 15.6. The van der Waals surface area contributed by atoms with E-state index >= 15 is 0 Å². The Morgan fingerprint density at radius 3 is 2.52 bits per heavy atom. The van der Waals surface area contributed by atoms with Crippen LogP contribution in [0, 0.1) is 0 Å². The summed E-state index contributed by atoms with van der Waals surface area (Å²) in [6.45, 7) is 4.01. The van der Waals surface area contributed by atoms with Crippen molar-refractivity contribution in [2.24, 2.45) is 0 Å². The molecule has 0 spiro atoms. The highest BCUT2D eigenvalue weighted by molar-refractivity contribution is 6.31. The first-order valence-corrected chi connectivity index (χ1v) is 8.30. The minimum atomic E-state index is 0.753. The van der Waals surface area contributed by atoms with E-state index in [1.165, 1.54) is 5.69 Å². The van der Waals surface area contributed by atoms with Crippen LogP contribution < -0.4 is 10.2 Å². The van der Waals surface area contributed by atoms with Crippen molar-refractivity contribution >= 4 is 28.2 Å². The molecule has 1 N–H and O–H groups in total. The molecule has 0 aliphatic carbocycles. The van der Waals surface area contributed by atoms with Crippen LogP contribution in [0.25, 0.3) is 22.2 Å². The van der Waals surface area contributed by atoms with Crippen molar-refractivity contribution in [1.82, 2.24) is 10.3 Å². The summed E-state index contributed by atoms with van der Waals surface area (Å²) < 4.78 is 0. The number of halogens is 1. The van der Waals surface area contributed by atoms with E-state index in [9.17, 15) is 0 Å². The van der Waals surface area contributed by atoms with Gasteiger partial charge in [-0.25, -0.2) is 4.98 Å². The molecule has 0 amide bonds. The molecule has 4 rings (SSSR count). The highest BCUT2D eigenvalue weighted by Crippen LogP contribution is 2.32. The lowest BCUT2D eigenvalue weighted by Crippen LogP contribution is -2.43. The Bertz CT molecular complexity index is 827. The fourth-order valence-corrected chi connectivity index (χ4v) is 3.28. The lowest BCUT2D eigenvalue weighted by atomic mass is 10.1. The fraction of sp³-hybridized carbons (Fsp3) is 0.211. The number of benzene rings is 2. The number of nitrogens with zero attached hydrogens (tertiary/aromatic N) is 2. The lowest BCUT2D eigenvalue weighted by Gasteiger charge is -2.30. The molecule has 0 atom stereocenters. The molecule has 4 heteroatoms. The standard InChI is InChI=1S/C19H18ClN3/c20-15-6-7-17-16(12-15)19(23-10-8-21-9-11-23)13-18(22-17)14-4-2-1-3-5-14/h1-7,12-13,21H,8-11H2. The molecule has 2 aromatic carbocycles. The van der Waals surface area contributed by atoms with Gasteiger partial charge in [0.2, 0.25) is 0 Å². The van der Waals surface area contributed by atoms with E-state index in [-0.39, 0.29) is 0 Å². The van der Waals surface area contributed by atoms with Gasteiger partial charge in [-0.1, -0.05) is 41.9 Å². The Labute approximate surface area is 140 Å². The van der Waals surface area contributed by atoms with E-state index in [1.807, 2.05) is 36.4 Å². The molecular formula is C19H18ClN3. The van der Waals surface area contributed by atoms with Crippen LogP contribution in [0.15, 0.2) is 54.6 Å². The van der Waals surface area contributed by atoms with Gasteiger partial charge in [0, 0.05) is 47.8 Å². The van der Waals surface area contributed by atoms with Crippen LogP contribution in [-0.2, 0) is 0 Å². The number of fused-ring (bicyclic) bond motifs is 1. The summed E-state index contributed by atoms with van der Waals surface area (Å²) in [5.74, 6) is 0. The second-order valence-electron chi connectivity index (χ2n) is 5.79. The monoisotopic (exact) mass is 323 g/mol. The number of hydrogen-bond donors (Lipinski definition) is 1. The first kappa shape index (κ1) is 14.5. The molecule has 0 unspecified atom stereocenters. The SMILES string of the molecule is Clc1ccc2nc(-c3ccccc3)cc(N3CCNCC3)c2c1. The van der Waals surface area contributed by atoms with Crippen LogP contribution in [0.5, 0.6) is 0 Å². The van der Waals surface area contributed by atoms with E-state index in [2.05, 4.69) is 28.4 Å². The van der Waals surface area contributed by atoms with Gasteiger partial charge in [-0.3, -0.25) is 0 Å². The smallest absolute Gasteiger partial charge is 0.0731 e. The fourth-order valence-electron chi connectivity index (χ4n) is 3.10. The van der Waals surface area contributed by atoms with E-state index in [4.69, 9.17) is 16.6 Å². The first-order chi connectivity index (χ1) is 11.3. The number of pyridine rings is 1. The van der Waals surface area contributed by atoms with Gasteiger partial charge in [-0.15, -0.1) is 0 Å². The molecule has 1 fully saturated rings. The maximum absolute atomic E-state index is 6.23. The predicted molar refractivity (Wildman–Crippen MR) is 97.3 cm³/mol. The van der Waals surface area contributed by atoms with Crippen molar-refractivity contribution in [3.63, 3.8) is 0 Å². The summed E-state index contributed by atoms with van der Waals surface area (Å²) in [5.41, 5.74) is 4.36. The Hall–Kier alpha value is -2.10. The number of nitrogens with one attached hydrogen (secondary N) is 1. The van der Waals surface area contributed by atoms with Gasteiger partial charge in [0.1, 0.15) is 0 Å². The lowest BCUT2D eigenvalue weighted by molar-refractivity contribution is 0.590. The van der Waals surface area contributed by atoms with Gasteiger partial charge in [0.25, 0.3) is 0 Å². The van der Waals surface area contributed by atoms with Gasteiger partial charge >= 0.3 is 0 Å². The minimum Gasteiger partial charge on any atom is -0.368 e. The highest BCUT2D eigenvalue weighted by atomic mass is 35.5. The van der Waals surface area contributed by atoms with Crippen LogP contribution in [-0.4, -0.2) is 31.2 Å². The Morgan fingerprint density at radius 1 is 0.957 bits per heavy atom. The van der Waals surface area contributed by atoms with Crippen LogP contribution in [0.1, 0.15) is 0 Å². The van der Waals surface area contributed by atoms with Crippen molar-refractivity contribution < 1.29 is 0 Å². The van der Waals surface area contributed by atoms with Crippen molar-refractivity contribution in [2.75, 3.05) is 31.1 Å². The Kier molecular flexibility index (Phi) is 3.90. The molecule has 0 bridgehead atoms. The summed E-state index contributed by atoms with van der Waals surface area (Å²) in [6.07, 6.45) is 0. The molecular weight excluding hydrogens is 306 g/mol. The van der Waals surface area contributed by atoms with Crippen molar-refractivity contribution in [3.05, 3.63) is 59.6 Å². The van der Waals surface area contributed by atoms with E-state index in [0.717, 1.165) is 53.4 Å². The van der Waals surface area contributed by atoms with Gasteiger partial charge in [-0.2, -0.15) is 0 Å². The molecule has 23 heavy (non-hydrogen) atoms. The summed E-state index contributed by atoms with van der Waals surface area (Å²) in [5, 5.41) is 5.28. The number of anilines is 1. The summed E-state index contributed by atoms with van der Waals surface area (Å²) in [4.78, 5) is 7.26. The van der Waals surface area contributed by atoms with Gasteiger partial charge in [0.15, 0.2) is 0 Å². The normalized spacial score (nSPS) is 15.1. The van der Waals surface area contributed by atoms with E-state index in [1.54, 1.807) is 0 Å². The molecule has 1 aliphatic rings. The first-order valence-electron chi connectivity index (χ1n) is 7.93. The van der Waals surface area contributed by atoms with Crippen LogP contribution >= 0.6 is 11.6 Å². The molecule has 1 aromatic heterocycles. The van der Waals surface area contributed by atoms with Crippen molar-refractivity contribution in [2.45, 2.75) is 0 Å². The van der Waals surface area contributed by atoms with Gasteiger partial charge in [-0.05, 0) is 24.3 Å². The zero-order valence-corrected chi connectivity index (χ0v) is 13.6. The second kappa shape index (κ2) is 6.19. The Balaban J connectivity index is 1.91. The molecule has 3 aromatic rings. The molecule has 2 heterocycles. The molecule has 1 aliphatic heterocycles. The summed E-state index contributed by atoms with van der Waals surface area (Å²) >= 11 is 6.23. The Morgan fingerprint density at radius 2 is 1.74 bits per heavy atom. The third kappa shape index (κ3) is 2.90. The van der Waals surface area contributed by atoms with Crippen molar-refractivity contribution in [3.8, 4) is 11.3 Å². The molecule has 0 radical (unpaired) electrons. The number of rotatable bonds is 2. The maximum Gasteiger partial charge on any atom is 0.0731 e. The number of hydrogen-bond acceptors (Lipinski definition) is 3. The number of piperazine rings is 1. The van der Waals surface area contributed by atoms with Crippen LogP contribution in [0.4, 0.5) is 5.69 Å². The average molecular weight is 324 g/mol. The average Bonchev–Trinajstić information content (AvgIpc) is 2.62. The third-order valence-corrected chi connectivity index (χ3v) is 4.51.